The quantitative estimate of drug-likeness (QED) is 0.149. The van der Waals surface area contributed by atoms with E-state index in [4.69, 9.17) is 18.9 Å². The summed E-state index contributed by atoms with van der Waals surface area (Å²) in [6, 6.07) is 9.95. The fourth-order valence-electron chi connectivity index (χ4n) is 11.2. The molecule has 14 nitrogen and oxygen atoms in total. The van der Waals surface area contributed by atoms with Gasteiger partial charge in [0.1, 0.15) is 36.1 Å². The van der Waals surface area contributed by atoms with Crippen LogP contribution in [0.15, 0.2) is 36.4 Å². The van der Waals surface area contributed by atoms with Crippen LogP contribution in [0.25, 0.3) is 0 Å². The van der Waals surface area contributed by atoms with Gasteiger partial charge in [-0.25, -0.2) is 0 Å². The van der Waals surface area contributed by atoms with E-state index >= 15 is 0 Å². The number of carboxylic acid groups (broad SMARTS) is 2. The minimum absolute atomic E-state index is 0. The highest BCUT2D eigenvalue weighted by atomic mass is 79.9. The van der Waals surface area contributed by atoms with Gasteiger partial charge in [0, 0.05) is 79.1 Å². The van der Waals surface area contributed by atoms with Gasteiger partial charge in [0.2, 0.25) is 0 Å². The summed E-state index contributed by atoms with van der Waals surface area (Å²) < 4.78 is 23.0. The van der Waals surface area contributed by atoms with Gasteiger partial charge in [-0.1, -0.05) is 0 Å². The third kappa shape index (κ3) is 9.29. The Hall–Kier alpha value is -3.86. The lowest BCUT2D eigenvalue weighted by Crippen LogP contribution is -3.00. The molecule has 0 saturated carbocycles. The largest absolute Gasteiger partial charge is 1.00 e. The minimum atomic E-state index is -1.49. The molecule has 0 aromatic heterocycles. The van der Waals surface area contributed by atoms with Crippen LogP contribution in [0.4, 0.5) is 0 Å². The van der Waals surface area contributed by atoms with E-state index in [-0.39, 0.29) is 70.0 Å². The lowest BCUT2D eigenvalue weighted by Gasteiger charge is -2.55. The maximum absolute atomic E-state index is 13.8. The van der Waals surface area contributed by atoms with Gasteiger partial charge in [-0.2, -0.15) is 0 Å². The van der Waals surface area contributed by atoms with E-state index in [0.717, 1.165) is 25.7 Å². The molecule has 4 aliphatic heterocycles. The van der Waals surface area contributed by atoms with Crippen LogP contribution >= 0.6 is 0 Å². The molecule has 0 radical (unpaired) electrons. The Bertz CT molecular complexity index is 1790. The summed E-state index contributed by atoms with van der Waals surface area (Å²) in [5, 5.41) is 21.7. The summed E-state index contributed by atoms with van der Waals surface area (Å²) in [5.74, 6) is -3.44. The molecule has 4 fully saturated rings. The van der Waals surface area contributed by atoms with Crippen LogP contribution < -0.4 is 52.9 Å². The van der Waals surface area contributed by atoms with E-state index in [1.165, 1.54) is 27.7 Å². The third-order valence-electron chi connectivity index (χ3n) is 13.6. The van der Waals surface area contributed by atoms with Gasteiger partial charge in [0.25, 0.3) is 0 Å². The predicted molar refractivity (Wildman–Crippen MR) is 199 cm³/mol. The van der Waals surface area contributed by atoms with Crippen LogP contribution in [0.3, 0.4) is 0 Å². The Morgan fingerprint density at radius 3 is 1.19 bits per heavy atom. The fraction of sp³-hybridized carbons (Fsp3) is 0.571. The number of halogens is 2. The van der Waals surface area contributed by atoms with Crippen LogP contribution in [-0.2, 0) is 41.9 Å². The van der Waals surface area contributed by atoms with Crippen LogP contribution in [0, 0.1) is 17.3 Å². The summed E-state index contributed by atoms with van der Waals surface area (Å²) >= 11 is 0. The number of rotatable bonds is 13. The van der Waals surface area contributed by atoms with Crippen LogP contribution in [0.5, 0.6) is 23.0 Å². The van der Waals surface area contributed by atoms with Crippen molar-refractivity contribution < 1.29 is 101 Å². The van der Waals surface area contributed by atoms with E-state index in [2.05, 4.69) is 14.1 Å². The maximum Gasteiger partial charge on any atom is 0.310 e. The first kappa shape index (κ1) is 46.8. The lowest BCUT2D eigenvalue weighted by atomic mass is 9.57. The second kappa shape index (κ2) is 18.2. The first-order valence-corrected chi connectivity index (χ1v) is 19.5. The zero-order valence-electron chi connectivity index (χ0n) is 33.8. The van der Waals surface area contributed by atoms with E-state index in [1.54, 1.807) is 36.4 Å². The van der Waals surface area contributed by atoms with E-state index in [0.29, 0.717) is 81.9 Å². The van der Waals surface area contributed by atoms with Crippen LogP contribution in [0.2, 0.25) is 0 Å². The second-order valence-corrected chi connectivity index (χ2v) is 16.9. The summed E-state index contributed by atoms with van der Waals surface area (Å²) in [4.78, 5) is 74.2. The first-order valence-electron chi connectivity index (χ1n) is 19.5. The molecule has 2 aromatic rings. The number of piperidine rings is 2. The minimum Gasteiger partial charge on any atom is -1.00 e. The average molecular weight is 939 g/mol. The topological polar surface area (TPSA) is 180 Å². The molecule has 318 valence electrons. The summed E-state index contributed by atoms with van der Waals surface area (Å²) in [5.41, 5.74) is -0.0914. The first-order chi connectivity index (χ1) is 26.3. The SMILES string of the molecule is CC(=O)Oc1ccc(OC(C)=O)c(C[N+]2(C)[C@@H]3CC[C@H]2CC(C(CC(=O)O)(C(=O)O)C2C[C@H]4CC[C@@H](C2)[N+]4(C)Cc2cc(OC(C)=O)ccc2OC(C)=O)C3)c1.[Br-].[Br-]. The van der Waals surface area contributed by atoms with Gasteiger partial charge in [-0.05, 0) is 48.2 Å². The molecule has 8 atom stereocenters. The Labute approximate surface area is 359 Å². The number of quaternary nitrogens is 2. The van der Waals surface area contributed by atoms with Crippen molar-refractivity contribution in [2.75, 3.05) is 14.1 Å². The number of carboxylic acids is 2. The van der Waals surface area contributed by atoms with Crippen molar-refractivity contribution in [3.8, 4) is 23.0 Å². The molecule has 0 aliphatic carbocycles. The third-order valence-corrected chi connectivity index (χ3v) is 13.6. The Kier molecular flexibility index (Phi) is 14.7. The zero-order valence-corrected chi connectivity index (χ0v) is 37.0. The number of aliphatic carboxylic acids is 2. The molecule has 2 aromatic carbocycles. The molecule has 0 amide bonds. The molecule has 6 rings (SSSR count). The van der Waals surface area contributed by atoms with Crippen molar-refractivity contribution in [1.29, 1.82) is 0 Å². The standard InChI is InChI=1S/C42H52N2O12.2BrH/c1-24(45)53-36-11-13-38(55-26(3)47)28(15-36)22-43(5)32-7-8-33(43)18-30(17-32)42(41(51)52,21-40(49)50)31-19-34-9-10-35(20-31)44(34,6)23-29-16-37(54-25(2)46)12-14-39(29)56-27(4)48;;/h11-16,30-35H,7-10,17-23H2,1-6H3;2*1H/t30?,31?,32-,33+,34-,35+,42?,43?,44?;;. The van der Waals surface area contributed by atoms with E-state index in [1.807, 2.05) is 0 Å². The second-order valence-electron chi connectivity index (χ2n) is 16.9. The van der Waals surface area contributed by atoms with E-state index in [9.17, 15) is 39.0 Å². The van der Waals surface area contributed by atoms with Gasteiger partial charge in [0.05, 0.1) is 61.2 Å². The predicted octanol–water partition coefficient (Wildman–Crippen LogP) is -0.583. The fourth-order valence-corrected chi connectivity index (χ4v) is 11.2. The van der Waals surface area contributed by atoms with Gasteiger partial charge in [-0.15, -0.1) is 0 Å². The highest BCUT2D eigenvalue weighted by Gasteiger charge is 2.64. The van der Waals surface area contributed by atoms with Crippen molar-refractivity contribution in [3.63, 3.8) is 0 Å². The van der Waals surface area contributed by atoms with Crippen molar-refractivity contribution in [1.82, 2.24) is 0 Å². The van der Waals surface area contributed by atoms with E-state index < -0.39 is 47.7 Å². The molecule has 4 heterocycles. The lowest BCUT2D eigenvalue weighted by molar-refractivity contribution is -0.963. The van der Waals surface area contributed by atoms with Gasteiger partial charge in [0.15, 0.2) is 0 Å². The average Bonchev–Trinajstić information content (AvgIpc) is 3.32. The Morgan fingerprint density at radius 2 is 0.914 bits per heavy atom. The molecular formula is C42H54Br2N2O12. The smallest absolute Gasteiger partial charge is 0.310 e. The number of nitrogens with zero attached hydrogens (tertiary/aromatic N) is 2. The molecule has 4 bridgehead atoms. The maximum atomic E-state index is 13.8. The molecule has 58 heavy (non-hydrogen) atoms. The normalized spacial score (nSPS) is 29.1. The number of esters is 4. The summed E-state index contributed by atoms with van der Waals surface area (Å²) in [7, 11) is 4.27. The molecule has 0 spiro atoms. The molecule has 16 heteroatoms. The number of carbonyl (C=O) groups excluding carboxylic acids is 4. The number of benzene rings is 2. The number of hydrogen-bond acceptors (Lipinski definition) is 10. The summed E-state index contributed by atoms with van der Waals surface area (Å²) in [6.07, 6.45) is 5.04. The van der Waals surface area contributed by atoms with Crippen molar-refractivity contribution >= 4 is 35.8 Å². The number of fused-ring (bicyclic) bond motifs is 4. The molecular weight excluding hydrogens is 884 g/mol. The van der Waals surface area contributed by atoms with Crippen molar-refractivity contribution in [3.05, 3.63) is 47.5 Å². The highest BCUT2D eigenvalue weighted by Crippen LogP contribution is 2.59. The van der Waals surface area contributed by atoms with Crippen molar-refractivity contribution in [2.45, 2.75) is 123 Å². The highest BCUT2D eigenvalue weighted by molar-refractivity contribution is 5.82. The van der Waals surface area contributed by atoms with Crippen LogP contribution in [0.1, 0.15) is 96.6 Å². The van der Waals surface area contributed by atoms with Gasteiger partial charge < -0.3 is 72.1 Å². The number of hydrogen-bond donors (Lipinski definition) is 2. The monoisotopic (exact) mass is 936 g/mol. The van der Waals surface area contributed by atoms with Gasteiger partial charge >= 0.3 is 35.8 Å². The number of ether oxygens (including phenoxy) is 4. The van der Waals surface area contributed by atoms with Crippen molar-refractivity contribution in [2.24, 2.45) is 17.3 Å². The van der Waals surface area contributed by atoms with Crippen LogP contribution in [-0.4, -0.2) is 93.3 Å². The Morgan fingerprint density at radius 1 is 0.586 bits per heavy atom. The zero-order chi connectivity index (χ0) is 40.7. The Balaban J connectivity index is 0.00000372. The van der Waals surface area contributed by atoms with Gasteiger partial charge in [-0.3, -0.25) is 28.8 Å². The molecule has 2 N–H and O–H groups in total. The molecule has 4 saturated heterocycles. The molecule has 4 unspecified atom stereocenters. The number of carbonyl (C=O) groups is 6. The molecule has 4 aliphatic rings. The summed E-state index contributed by atoms with van der Waals surface area (Å²) in [6.45, 7) is 6.19.